The Labute approximate surface area is 79.1 Å². The second kappa shape index (κ2) is 4.58. The van der Waals surface area contributed by atoms with Gasteiger partial charge < -0.3 is 15.6 Å². The first-order valence-corrected chi connectivity index (χ1v) is 4.45. The predicted molar refractivity (Wildman–Crippen MR) is 50.5 cm³/mol. The van der Waals surface area contributed by atoms with E-state index < -0.39 is 11.5 Å². The first-order chi connectivity index (χ1) is 5.90. The summed E-state index contributed by atoms with van der Waals surface area (Å²) in [7, 11) is 1.55. The summed E-state index contributed by atoms with van der Waals surface area (Å²) in [4.78, 5) is 10.9. The van der Waals surface area contributed by atoms with E-state index >= 15 is 0 Å². The maximum absolute atomic E-state index is 10.9. The second-order valence-corrected chi connectivity index (χ2v) is 3.43. The van der Waals surface area contributed by atoms with Crippen LogP contribution < -0.4 is 5.73 Å². The minimum absolute atomic E-state index is 0.152. The van der Waals surface area contributed by atoms with Gasteiger partial charge in [-0.25, -0.2) is 0 Å². The van der Waals surface area contributed by atoms with Gasteiger partial charge in [0.2, 0.25) is 0 Å². The van der Waals surface area contributed by atoms with Crippen LogP contribution in [0.1, 0.15) is 27.2 Å². The number of nitrogens with two attached hydrogens (primary N) is 1. The lowest BCUT2D eigenvalue weighted by atomic mass is 9.80. The Morgan fingerprint density at radius 2 is 2.08 bits per heavy atom. The maximum Gasteiger partial charge on any atom is 0.324 e. The number of carboxylic acid groups (broad SMARTS) is 1. The first kappa shape index (κ1) is 12.4. The molecule has 0 aliphatic carbocycles. The number of carboxylic acids is 1. The van der Waals surface area contributed by atoms with Gasteiger partial charge in [-0.05, 0) is 13.3 Å². The summed E-state index contributed by atoms with van der Waals surface area (Å²) in [6.45, 7) is 5.39. The summed E-state index contributed by atoms with van der Waals surface area (Å²) in [6.07, 6.45) is 0.248. The van der Waals surface area contributed by atoms with Crippen molar-refractivity contribution < 1.29 is 14.6 Å². The third-order valence-corrected chi connectivity index (χ3v) is 2.87. The van der Waals surface area contributed by atoms with Crippen LogP contribution in [0.4, 0.5) is 0 Å². The van der Waals surface area contributed by atoms with Crippen LogP contribution in [-0.2, 0) is 9.53 Å². The largest absolute Gasteiger partial charge is 0.480 e. The van der Waals surface area contributed by atoms with E-state index in [1.54, 1.807) is 21.0 Å². The van der Waals surface area contributed by atoms with Crippen molar-refractivity contribution in [3.05, 3.63) is 0 Å². The van der Waals surface area contributed by atoms with Gasteiger partial charge in [-0.1, -0.05) is 13.8 Å². The van der Waals surface area contributed by atoms with Gasteiger partial charge in [-0.15, -0.1) is 0 Å². The fourth-order valence-corrected chi connectivity index (χ4v) is 1.29. The number of ether oxygens (including phenoxy) is 1. The molecule has 0 radical (unpaired) electrons. The molecule has 0 saturated carbocycles. The third-order valence-electron chi connectivity index (χ3n) is 2.87. The topological polar surface area (TPSA) is 72.6 Å². The molecule has 4 nitrogen and oxygen atoms in total. The van der Waals surface area contributed by atoms with Gasteiger partial charge in [-0.2, -0.15) is 0 Å². The van der Waals surface area contributed by atoms with Crippen molar-refractivity contribution in [2.24, 2.45) is 11.7 Å². The molecule has 0 aromatic rings. The summed E-state index contributed by atoms with van der Waals surface area (Å²) in [5.41, 5.74) is 4.60. The molecule has 0 aromatic heterocycles. The molecule has 3 N–H and O–H groups in total. The van der Waals surface area contributed by atoms with E-state index in [1.165, 1.54) is 0 Å². The zero-order chi connectivity index (χ0) is 10.6. The number of rotatable bonds is 5. The predicted octanol–water partition coefficient (Wildman–Crippen LogP) is 0.849. The minimum Gasteiger partial charge on any atom is -0.480 e. The number of hydrogen-bond donors (Lipinski definition) is 2. The van der Waals surface area contributed by atoms with Crippen molar-refractivity contribution in [3.8, 4) is 0 Å². The Bertz CT molecular complexity index is 184. The van der Waals surface area contributed by atoms with Crippen molar-refractivity contribution in [2.45, 2.75) is 38.8 Å². The van der Waals surface area contributed by atoms with Crippen molar-refractivity contribution in [1.82, 2.24) is 0 Å². The lowest BCUT2D eigenvalue weighted by Gasteiger charge is -2.33. The molecule has 0 spiro atoms. The normalized spacial score (nSPS) is 20.4. The van der Waals surface area contributed by atoms with Crippen molar-refractivity contribution in [1.29, 1.82) is 0 Å². The Morgan fingerprint density at radius 1 is 1.62 bits per heavy atom. The molecule has 0 aromatic carbocycles. The average Bonchev–Trinajstić information content (AvgIpc) is 2.13. The standard InChI is InChI=1S/C9H19NO3/c1-5-9(10,8(11)12)6(2)7(3)13-4/h6-7H,5,10H2,1-4H3,(H,11,12)/t6?,7-,9+/m1/s1. The average molecular weight is 189 g/mol. The van der Waals surface area contributed by atoms with Crippen LogP contribution in [0, 0.1) is 5.92 Å². The minimum atomic E-state index is -1.19. The Balaban J connectivity index is 4.65. The SMILES string of the molecule is CC[C@@](N)(C(=O)O)C(C)[C@@H](C)OC. The number of carbonyl (C=O) groups is 1. The highest BCUT2D eigenvalue weighted by Gasteiger charge is 2.40. The monoisotopic (exact) mass is 189 g/mol. The van der Waals surface area contributed by atoms with Crippen LogP contribution in [0.25, 0.3) is 0 Å². The molecular weight excluding hydrogens is 170 g/mol. The summed E-state index contributed by atoms with van der Waals surface area (Å²) in [5.74, 6) is -1.17. The summed E-state index contributed by atoms with van der Waals surface area (Å²) in [6, 6.07) is 0. The Morgan fingerprint density at radius 3 is 2.31 bits per heavy atom. The van der Waals surface area contributed by atoms with E-state index in [0.29, 0.717) is 6.42 Å². The molecule has 13 heavy (non-hydrogen) atoms. The number of aliphatic carboxylic acids is 1. The Kier molecular flexibility index (Phi) is 4.36. The van der Waals surface area contributed by atoms with E-state index in [0.717, 1.165) is 0 Å². The summed E-state index contributed by atoms with van der Waals surface area (Å²) in [5, 5.41) is 8.97. The van der Waals surface area contributed by atoms with Gasteiger partial charge in [0.15, 0.2) is 0 Å². The van der Waals surface area contributed by atoms with Crippen LogP contribution >= 0.6 is 0 Å². The second-order valence-electron chi connectivity index (χ2n) is 3.43. The molecule has 0 aliphatic rings. The van der Waals surface area contributed by atoms with Crippen LogP contribution in [0.2, 0.25) is 0 Å². The van der Waals surface area contributed by atoms with Gasteiger partial charge in [0.05, 0.1) is 6.10 Å². The van der Waals surface area contributed by atoms with E-state index in [2.05, 4.69) is 0 Å². The third kappa shape index (κ3) is 2.42. The van der Waals surface area contributed by atoms with E-state index in [4.69, 9.17) is 15.6 Å². The summed E-state index contributed by atoms with van der Waals surface area (Å²) >= 11 is 0. The molecule has 0 heterocycles. The van der Waals surface area contributed by atoms with Crippen molar-refractivity contribution in [3.63, 3.8) is 0 Å². The molecule has 1 unspecified atom stereocenters. The van der Waals surface area contributed by atoms with E-state index in [9.17, 15) is 4.79 Å². The molecule has 0 fully saturated rings. The maximum atomic E-state index is 10.9. The molecule has 78 valence electrons. The highest BCUT2D eigenvalue weighted by atomic mass is 16.5. The van der Waals surface area contributed by atoms with E-state index in [1.807, 2.05) is 6.92 Å². The Hall–Kier alpha value is -0.610. The quantitative estimate of drug-likeness (QED) is 0.672. The first-order valence-electron chi connectivity index (χ1n) is 4.45. The van der Waals surface area contributed by atoms with Gasteiger partial charge in [-0.3, -0.25) is 4.79 Å². The van der Waals surface area contributed by atoms with Gasteiger partial charge >= 0.3 is 5.97 Å². The molecule has 0 saturated heterocycles. The van der Waals surface area contributed by atoms with Gasteiger partial charge in [0.1, 0.15) is 5.54 Å². The lowest BCUT2D eigenvalue weighted by molar-refractivity contribution is -0.147. The zero-order valence-corrected chi connectivity index (χ0v) is 8.70. The molecule has 3 atom stereocenters. The smallest absolute Gasteiger partial charge is 0.324 e. The zero-order valence-electron chi connectivity index (χ0n) is 8.70. The molecule has 0 bridgehead atoms. The molecule has 0 amide bonds. The molecule has 4 heteroatoms. The fraction of sp³-hybridized carbons (Fsp3) is 0.889. The van der Waals surface area contributed by atoms with Crippen LogP contribution in [0.5, 0.6) is 0 Å². The highest BCUT2D eigenvalue weighted by Crippen LogP contribution is 2.23. The van der Waals surface area contributed by atoms with E-state index in [-0.39, 0.29) is 12.0 Å². The molecule has 0 rings (SSSR count). The van der Waals surface area contributed by atoms with Crippen molar-refractivity contribution in [2.75, 3.05) is 7.11 Å². The lowest BCUT2D eigenvalue weighted by Crippen LogP contribution is -2.56. The van der Waals surface area contributed by atoms with Crippen LogP contribution in [-0.4, -0.2) is 29.8 Å². The van der Waals surface area contributed by atoms with Crippen LogP contribution in [0.15, 0.2) is 0 Å². The number of hydrogen-bond acceptors (Lipinski definition) is 3. The number of methoxy groups -OCH3 is 1. The molecular formula is C9H19NO3. The highest BCUT2D eigenvalue weighted by molar-refractivity contribution is 5.78. The summed E-state index contributed by atoms with van der Waals surface area (Å²) < 4.78 is 5.07. The van der Waals surface area contributed by atoms with Gasteiger partial charge in [0, 0.05) is 13.0 Å². The van der Waals surface area contributed by atoms with Crippen molar-refractivity contribution >= 4 is 5.97 Å². The molecule has 0 aliphatic heterocycles. The van der Waals surface area contributed by atoms with Crippen LogP contribution in [0.3, 0.4) is 0 Å². The van der Waals surface area contributed by atoms with Gasteiger partial charge in [0.25, 0.3) is 0 Å². The fourth-order valence-electron chi connectivity index (χ4n) is 1.29.